The molecule has 1 aromatic carbocycles. The normalized spacial score (nSPS) is 17.3. The number of halogens is 3. The number of rotatable bonds is 5. The highest BCUT2D eigenvalue weighted by Crippen LogP contribution is 2.34. The Bertz CT molecular complexity index is 1260. The first kappa shape index (κ1) is 22.2. The molecule has 0 radical (unpaired) electrons. The fourth-order valence-electron chi connectivity index (χ4n) is 4.16. The number of nitrogens with zero attached hydrogens (tertiary/aromatic N) is 4. The fourth-order valence-corrected chi connectivity index (χ4v) is 4.16. The molecule has 5 rings (SSSR count). The highest BCUT2D eigenvalue weighted by Gasteiger charge is 2.35. The van der Waals surface area contributed by atoms with Crippen LogP contribution in [0, 0.1) is 6.92 Å². The number of pyridine rings is 1. The largest absolute Gasteiger partial charge is 0.472 e. The molecule has 2 aromatic heterocycles. The van der Waals surface area contributed by atoms with Gasteiger partial charge in [0.05, 0.1) is 31.4 Å². The standard InChI is InChI=1S/C23H21F3N4O4/c1-14-20(28-22(31)30-11-16-13-32-9-8-29(16)21(14)30)33-12-15-2-4-17(5-3-15)34-18-6-7-27-19(10-18)23(24,25)26/h2-7,10,16H,8-9,11-13H2,1H3. The third-order valence-corrected chi connectivity index (χ3v) is 5.79. The van der Waals surface area contributed by atoms with Gasteiger partial charge >= 0.3 is 11.9 Å². The molecular weight excluding hydrogens is 453 g/mol. The molecular formula is C23H21F3N4O4. The number of fused-ring (bicyclic) bond motifs is 3. The van der Waals surface area contributed by atoms with Crippen molar-refractivity contribution >= 4 is 5.82 Å². The van der Waals surface area contributed by atoms with Gasteiger partial charge in [0.25, 0.3) is 0 Å². The molecule has 178 valence electrons. The number of morpholine rings is 1. The van der Waals surface area contributed by atoms with Gasteiger partial charge in [-0.1, -0.05) is 12.1 Å². The Balaban J connectivity index is 1.27. The maximum absolute atomic E-state index is 12.8. The van der Waals surface area contributed by atoms with Gasteiger partial charge in [0.1, 0.15) is 29.6 Å². The van der Waals surface area contributed by atoms with Crippen LogP contribution >= 0.6 is 0 Å². The molecule has 0 aliphatic carbocycles. The van der Waals surface area contributed by atoms with Crippen molar-refractivity contribution < 1.29 is 27.4 Å². The van der Waals surface area contributed by atoms with Crippen LogP contribution in [0.2, 0.25) is 0 Å². The predicted octanol–water partition coefficient (Wildman–Crippen LogP) is 3.56. The quantitative estimate of drug-likeness (QED) is 0.560. The Hall–Kier alpha value is -3.60. The van der Waals surface area contributed by atoms with Crippen molar-refractivity contribution in [1.29, 1.82) is 0 Å². The monoisotopic (exact) mass is 474 g/mol. The van der Waals surface area contributed by atoms with E-state index in [1.807, 2.05) is 6.92 Å². The summed E-state index contributed by atoms with van der Waals surface area (Å²) in [6, 6.07) is 9.04. The maximum atomic E-state index is 12.8. The molecule has 0 spiro atoms. The minimum Gasteiger partial charge on any atom is -0.472 e. The second kappa shape index (κ2) is 8.64. The van der Waals surface area contributed by atoms with E-state index in [1.165, 1.54) is 6.07 Å². The minimum atomic E-state index is -4.55. The molecule has 34 heavy (non-hydrogen) atoms. The van der Waals surface area contributed by atoms with E-state index >= 15 is 0 Å². The third kappa shape index (κ3) is 4.30. The number of hydrogen-bond donors (Lipinski definition) is 0. The predicted molar refractivity (Wildman–Crippen MR) is 115 cm³/mol. The lowest BCUT2D eigenvalue weighted by molar-refractivity contribution is -0.141. The molecule has 0 bridgehead atoms. The second-order valence-electron chi connectivity index (χ2n) is 8.09. The van der Waals surface area contributed by atoms with Crippen molar-refractivity contribution in [3.05, 3.63) is 69.9 Å². The number of alkyl halides is 3. The van der Waals surface area contributed by atoms with E-state index in [0.717, 1.165) is 29.2 Å². The molecule has 1 unspecified atom stereocenters. The van der Waals surface area contributed by atoms with Gasteiger partial charge in [-0.3, -0.25) is 9.55 Å². The van der Waals surface area contributed by atoms with Gasteiger partial charge in [0.2, 0.25) is 5.88 Å². The first-order valence-electron chi connectivity index (χ1n) is 10.7. The lowest BCUT2D eigenvalue weighted by Gasteiger charge is -2.31. The Morgan fingerprint density at radius 2 is 1.97 bits per heavy atom. The number of ether oxygens (including phenoxy) is 3. The highest BCUT2D eigenvalue weighted by atomic mass is 19.4. The molecule has 0 saturated carbocycles. The summed E-state index contributed by atoms with van der Waals surface area (Å²) in [5.41, 5.74) is 0.196. The lowest BCUT2D eigenvalue weighted by atomic mass is 10.2. The first-order chi connectivity index (χ1) is 16.3. The smallest absolute Gasteiger partial charge is 0.433 e. The summed E-state index contributed by atoms with van der Waals surface area (Å²) in [6.07, 6.45) is -3.50. The summed E-state index contributed by atoms with van der Waals surface area (Å²) in [7, 11) is 0. The van der Waals surface area contributed by atoms with Gasteiger partial charge in [0, 0.05) is 18.8 Å². The van der Waals surface area contributed by atoms with Crippen molar-refractivity contribution in [2.45, 2.75) is 32.3 Å². The Morgan fingerprint density at radius 3 is 2.74 bits per heavy atom. The van der Waals surface area contributed by atoms with E-state index in [1.54, 1.807) is 28.8 Å². The first-order valence-corrected chi connectivity index (χ1v) is 10.7. The molecule has 0 N–H and O–H groups in total. The number of aromatic nitrogens is 3. The molecule has 2 aliphatic rings. The van der Waals surface area contributed by atoms with Gasteiger partial charge in [0.15, 0.2) is 0 Å². The zero-order chi connectivity index (χ0) is 23.9. The van der Waals surface area contributed by atoms with Gasteiger partial charge in [-0.15, -0.1) is 0 Å². The summed E-state index contributed by atoms with van der Waals surface area (Å²) < 4.78 is 57.0. The van der Waals surface area contributed by atoms with Crippen LogP contribution in [0.3, 0.4) is 0 Å². The third-order valence-electron chi connectivity index (χ3n) is 5.79. The minimum absolute atomic E-state index is 0.0335. The van der Waals surface area contributed by atoms with Crippen molar-refractivity contribution in [3.63, 3.8) is 0 Å². The summed E-state index contributed by atoms with van der Waals surface area (Å²) in [6.45, 7) is 4.48. The van der Waals surface area contributed by atoms with E-state index < -0.39 is 11.9 Å². The van der Waals surface area contributed by atoms with Crippen LogP contribution in [0.25, 0.3) is 0 Å². The molecule has 11 heteroatoms. The number of benzene rings is 1. The lowest BCUT2D eigenvalue weighted by Crippen LogP contribution is -2.43. The van der Waals surface area contributed by atoms with E-state index in [0.29, 0.717) is 32.1 Å². The SMILES string of the molecule is Cc1c(OCc2ccc(Oc3ccnc(C(F)(F)F)c3)cc2)nc(=O)n2c1N1CCOCC1C2. The van der Waals surface area contributed by atoms with Gasteiger partial charge in [-0.25, -0.2) is 4.79 Å². The Labute approximate surface area is 192 Å². The van der Waals surface area contributed by atoms with E-state index in [2.05, 4.69) is 14.9 Å². The van der Waals surface area contributed by atoms with Crippen molar-refractivity contribution in [2.24, 2.45) is 0 Å². The van der Waals surface area contributed by atoms with E-state index in [9.17, 15) is 18.0 Å². The molecule has 4 heterocycles. The van der Waals surface area contributed by atoms with Crippen molar-refractivity contribution in [2.75, 3.05) is 24.7 Å². The fraction of sp³-hybridized carbons (Fsp3) is 0.348. The molecule has 1 atom stereocenters. The number of anilines is 1. The molecule has 1 fully saturated rings. The molecule has 8 nitrogen and oxygen atoms in total. The Kier molecular flexibility index (Phi) is 5.64. The second-order valence-corrected chi connectivity index (χ2v) is 8.09. The average molecular weight is 474 g/mol. The topological polar surface area (TPSA) is 78.7 Å². The average Bonchev–Trinajstić information content (AvgIpc) is 3.22. The van der Waals surface area contributed by atoms with Crippen LogP contribution in [-0.4, -0.2) is 40.3 Å². The maximum Gasteiger partial charge on any atom is 0.433 e. The van der Waals surface area contributed by atoms with Gasteiger partial charge in [-0.05, 0) is 30.7 Å². The highest BCUT2D eigenvalue weighted by molar-refractivity contribution is 5.55. The van der Waals surface area contributed by atoms with Crippen LogP contribution in [0.1, 0.15) is 16.8 Å². The summed E-state index contributed by atoms with van der Waals surface area (Å²) in [4.78, 5) is 22.2. The van der Waals surface area contributed by atoms with Gasteiger partial charge in [-0.2, -0.15) is 18.2 Å². The van der Waals surface area contributed by atoms with Crippen LogP contribution < -0.4 is 20.1 Å². The van der Waals surface area contributed by atoms with Crippen molar-refractivity contribution in [1.82, 2.24) is 14.5 Å². The molecule has 2 aliphatic heterocycles. The van der Waals surface area contributed by atoms with Crippen molar-refractivity contribution in [3.8, 4) is 17.4 Å². The van der Waals surface area contributed by atoms with E-state index in [-0.39, 0.29) is 30.0 Å². The Morgan fingerprint density at radius 1 is 1.18 bits per heavy atom. The summed E-state index contributed by atoms with van der Waals surface area (Å²) in [5, 5.41) is 0. The zero-order valence-electron chi connectivity index (χ0n) is 18.2. The molecule has 3 aromatic rings. The summed E-state index contributed by atoms with van der Waals surface area (Å²) >= 11 is 0. The van der Waals surface area contributed by atoms with Crippen LogP contribution in [0.4, 0.5) is 19.0 Å². The zero-order valence-corrected chi connectivity index (χ0v) is 18.2. The summed E-state index contributed by atoms with van der Waals surface area (Å²) in [5.74, 6) is 1.50. The van der Waals surface area contributed by atoms with E-state index in [4.69, 9.17) is 14.2 Å². The van der Waals surface area contributed by atoms with Crippen LogP contribution in [-0.2, 0) is 24.1 Å². The van der Waals surface area contributed by atoms with Crippen LogP contribution in [0.5, 0.6) is 17.4 Å². The molecule has 1 saturated heterocycles. The van der Waals surface area contributed by atoms with Crippen LogP contribution in [0.15, 0.2) is 47.4 Å². The molecule has 0 amide bonds. The van der Waals surface area contributed by atoms with Gasteiger partial charge < -0.3 is 19.1 Å². The number of hydrogen-bond acceptors (Lipinski definition) is 7.